The summed E-state index contributed by atoms with van der Waals surface area (Å²) in [6.45, 7) is 18.0. The molecule has 0 fully saturated rings. The number of hydrogen-bond acceptors (Lipinski definition) is 0. The summed E-state index contributed by atoms with van der Waals surface area (Å²) >= 11 is -0.826. The van der Waals surface area contributed by atoms with Gasteiger partial charge in [-0.25, -0.2) is 0 Å². The first kappa shape index (κ1) is 47.3. The number of benzene rings is 6. The molecule has 60 heavy (non-hydrogen) atoms. The third-order valence-electron chi connectivity index (χ3n) is 10.7. The quantitative estimate of drug-likeness (QED) is 0.0947. The molecule has 0 bridgehead atoms. The van der Waals surface area contributed by atoms with Gasteiger partial charge in [0.1, 0.15) is 0 Å². The standard InChI is InChI=1S/2C27H27.C2H6Si.2ClH.Zr/c2*1-4-21-14-15-23-17-20(16-19(2)3)18-26(23)27(21)25-13-9-8-12-24(25)22-10-6-5-7-11-22;1-3-2;;;/h2*5-15,17-19H,4,16H2,1-3H3;1-2H3;2*1H;/q2*-1;;;;+4/p-2. The van der Waals surface area contributed by atoms with Crippen molar-refractivity contribution in [1.29, 1.82) is 0 Å². The van der Waals surface area contributed by atoms with Crippen molar-refractivity contribution in [2.45, 2.75) is 80.3 Å². The first-order chi connectivity index (χ1) is 29.2. The molecule has 8 aromatic carbocycles. The van der Waals surface area contributed by atoms with E-state index in [4.69, 9.17) is 17.0 Å². The van der Waals surface area contributed by atoms with Crippen LogP contribution in [0, 0.1) is 11.8 Å². The zero-order valence-electron chi connectivity index (χ0n) is 36.8. The van der Waals surface area contributed by atoms with Crippen molar-refractivity contribution in [2.75, 3.05) is 0 Å². The van der Waals surface area contributed by atoms with Gasteiger partial charge in [-0.1, -0.05) is 186 Å². The molecule has 4 heteroatoms. The summed E-state index contributed by atoms with van der Waals surface area (Å²) in [6.07, 6.45) is 4.35. The predicted molar refractivity (Wildman–Crippen MR) is 266 cm³/mol. The zero-order chi connectivity index (χ0) is 43.0. The van der Waals surface area contributed by atoms with Crippen LogP contribution >= 0.6 is 17.0 Å². The van der Waals surface area contributed by atoms with E-state index in [-0.39, 0.29) is 0 Å². The van der Waals surface area contributed by atoms with Crippen LogP contribution in [0.3, 0.4) is 0 Å². The molecule has 0 saturated carbocycles. The van der Waals surface area contributed by atoms with Crippen LogP contribution in [0.25, 0.3) is 66.1 Å². The summed E-state index contributed by atoms with van der Waals surface area (Å²) in [5, 5.41) is 5.52. The molecule has 306 valence electrons. The fraction of sp³-hybridized carbons (Fsp3) is 0.250. The van der Waals surface area contributed by atoms with Crippen molar-refractivity contribution in [3.63, 3.8) is 0 Å². The van der Waals surface area contributed by atoms with Crippen LogP contribution in [0.4, 0.5) is 0 Å². The summed E-state index contributed by atoms with van der Waals surface area (Å²) in [4.78, 5) is 0. The van der Waals surface area contributed by atoms with Crippen LogP contribution in [-0.2, 0) is 46.5 Å². The molecular formula is C56H60Cl2SiZr. The first-order valence-electron chi connectivity index (χ1n) is 21.4. The Morgan fingerprint density at radius 3 is 1.12 bits per heavy atom. The van der Waals surface area contributed by atoms with Gasteiger partial charge in [-0.2, -0.15) is 12.1 Å². The molecule has 0 nitrogen and oxygen atoms in total. The third-order valence-corrected chi connectivity index (χ3v) is 10.7. The van der Waals surface area contributed by atoms with E-state index in [0.29, 0.717) is 11.8 Å². The second-order valence-electron chi connectivity index (χ2n) is 16.2. The third kappa shape index (κ3) is 12.2. The molecule has 0 N–H and O–H groups in total. The number of fused-ring (bicyclic) bond motifs is 2. The van der Waals surface area contributed by atoms with Gasteiger partial charge in [0.2, 0.25) is 0 Å². The summed E-state index contributed by atoms with van der Waals surface area (Å²) in [5.41, 5.74) is 16.4. The Morgan fingerprint density at radius 1 is 0.483 bits per heavy atom. The Labute approximate surface area is 382 Å². The van der Waals surface area contributed by atoms with Gasteiger partial charge >= 0.3 is 37.9 Å². The molecule has 0 spiro atoms. The molecule has 0 amide bonds. The summed E-state index contributed by atoms with van der Waals surface area (Å²) in [5.74, 6) is 1.35. The van der Waals surface area contributed by atoms with Crippen molar-refractivity contribution in [1.82, 2.24) is 0 Å². The van der Waals surface area contributed by atoms with Crippen LogP contribution in [0.2, 0.25) is 13.1 Å². The fourth-order valence-corrected chi connectivity index (χ4v) is 8.32. The minimum absolute atomic E-state index is 0.674. The van der Waals surface area contributed by atoms with Crippen LogP contribution in [0.5, 0.6) is 0 Å². The minimum atomic E-state index is -0.826. The van der Waals surface area contributed by atoms with Gasteiger partial charge in [-0.3, -0.25) is 0 Å². The topological polar surface area (TPSA) is 0 Å². The Hall–Kier alpha value is -3.78. The second-order valence-corrected chi connectivity index (χ2v) is 21.0. The van der Waals surface area contributed by atoms with Gasteiger partial charge < -0.3 is 0 Å². The molecular weight excluding hydrogens is 863 g/mol. The van der Waals surface area contributed by atoms with E-state index in [2.05, 4.69) is 212 Å². The van der Waals surface area contributed by atoms with Gasteiger partial charge in [0.15, 0.2) is 0 Å². The van der Waals surface area contributed by atoms with Gasteiger partial charge in [-0.15, -0.1) is 69.1 Å². The average molecular weight is 923 g/mol. The first-order valence-corrected chi connectivity index (χ1v) is 29.8. The van der Waals surface area contributed by atoms with Gasteiger partial charge in [-0.05, 0) is 70.9 Å². The van der Waals surface area contributed by atoms with Gasteiger partial charge in [0, 0.05) is 9.52 Å². The predicted octanol–water partition coefficient (Wildman–Crippen LogP) is 17.5. The molecule has 0 aromatic heterocycles. The number of rotatable bonds is 10. The molecule has 0 heterocycles. The molecule has 8 aromatic rings. The van der Waals surface area contributed by atoms with Crippen molar-refractivity contribution < 1.29 is 20.8 Å². The maximum atomic E-state index is 4.93. The van der Waals surface area contributed by atoms with Crippen LogP contribution in [0.1, 0.15) is 63.8 Å². The van der Waals surface area contributed by atoms with E-state index in [1.54, 1.807) is 0 Å². The Balaban J connectivity index is 0.000000201. The van der Waals surface area contributed by atoms with Gasteiger partial charge in [0.25, 0.3) is 0 Å². The molecule has 0 aliphatic rings. The second kappa shape index (κ2) is 24.0. The van der Waals surface area contributed by atoms with E-state index < -0.39 is 20.8 Å². The van der Waals surface area contributed by atoms with Crippen molar-refractivity contribution >= 4 is 48.1 Å². The van der Waals surface area contributed by atoms with Crippen molar-refractivity contribution in [2.24, 2.45) is 11.8 Å². The molecule has 0 atom stereocenters. The van der Waals surface area contributed by atoms with Gasteiger partial charge in [0.05, 0.1) is 0 Å². The zero-order valence-corrected chi connectivity index (χ0v) is 41.7. The van der Waals surface area contributed by atoms with Crippen LogP contribution in [0.15, 0.2) is 158 Å². The molecule has 8 rings (SSSR count). The Bertz CT molecular complexity index is 2330. The van der Waals surface area contributed by atoms with E-state index in [9.17, 15) is 0 Å². The van der Waals surface area contributed by atoms with E-state index >= 15 is 0 Å². The maximum absolute atomic E-state index is 4.93. The SMILES string of the molecule is CCc1ccc2[cH-]c(CC(C)C)cc2c1-c1ccccc1-c1ccccc1.CCc1ccc2[cH-]c(CC(C)C)cc2c1-c1ccccc1-c1ccccc1.C[Si]C.[Cl][Zr+2][Cl]. The molecule has 0 aliphatic carbocycles. The van der Waals surface area contributed by atoms with Crippen molar-refractivity contribution in [3.05, 3.63) is 180 Å². The van der Waals surface area contributed by atoms with E-state index in [1.165, 1.54) is 88.3 Å². The summed E-state index contributed by atoms with van der Waals surface area (Å²) < 4.78 is 0. The van der Waals surface area contributed by atoms with Crippen molar-refractivity contribution in [3.8, 4) is 44.5 Å². The molecule has 0 aliphatic heterocycles. The molecule has 0 unspecified atom stereocenters. The monoisotopic (exact) mass is 920 g/mol. The van der Waals surface area contributed by atoms with E-state index in [0.717, 1.165) is 35.2 Å². The number of aryl methyl sites for hydroxylation is 2. The molecule has 0 saturated heterocycles. The number of halogens is 2. The summed E-state index contributed by atoms with van der Waals surface area (Å²) in [7, 11) is 11.0. The average Bonchev–Trinajstić information content (AvgIpc) is 3.87. The van der Waals surface area contributed by atoms with Crippen LogP contribution < -0.4 is 0 Å². The molecule has 2 radical (unpaired) electrons. The van der Waals surface area contributed by atoms with Crippen LogP contribution in [-0.4, -0.2) is 9.52 Å². The number of hydrogen-bond donors (Lipinski definition) is 0. The summed E-state index contributed by atoms with van der Waals surface area (Å²) in [6, 6.07) is 58.0. The fourth-order valence-electron chi connectivity index (χ4n) is 8.32. The Kier molecular flexibility index (Phi) is 18.9. The van der Waals surface area contributed by atoms with E-state index in [1.807, 2.05) is 0 Å². The normalized spacial score (nSPS) is 10.7. The Morgan fingerprint density at radius 2 is 0.800 bits per heavy atom.